The molecular formula is C19H12N6O. The molecule has 0 bridgehead atoms. The molecule has 7 nitrogen and oxygen atoms in total. The second-order valence-electron chi connectivity index (χ2n) is 5.22. The van der Waals surface area contributed by atoms with Gasteiger partial charge in [-0.15, -0.1) is 0 Å². The SMILES string of the molecule is N#Cc1ccc(NC(=O)c2ccnc(Nc3ccc(C#N)cc3)n2)cc1. The molecule has 1 amide bonds. The third-order valence-electron chi connectivity index (χ3n) is 3.43. The Bertz CT molecular complexity index is 1010. The first kappa shape index (κ1) is 16.6. The predicted molar refractivity (Wildman–Crippen MR) is 95.6 cm³/mol. The Balaban J connectivity index is 1.72. The van der Waals surface area contributed by atoms with Gasteiger partial charge in [-0.1, -0.05) is 0 Å². The van der Waals surface area contributed by atoms with E-state index in [1.54, 1.807) is 48.5 Å². The Kier molecular flexibility index (Phi) is 4.83. The molecule has 1 heterocycles. The Morgan fingerprint density at radius 3 is 2.00 bits per heavy atom. The number of hydrogen-bond acceptors (Lipinski definition) is 6. The van der Waals surface area contributed by atoms with Crippen molar-refractivity contribution in [3.63, 3.8) is 0 Å². The van der Waals surface area contributed by atoms with E-state index >= 15 is 0 Å². The minimum absolute atomic E-state index is 0.195. The van der Waals surface area contributed by atoms with Crippen molar-refractivity contribution in [3.8, 4) is 12.1 Å². The van der Waals surface area contributed by atoms with Gasteiger partial charge >= 0.3 is 0 Å². The van der Waals surface area contributed by atoms with Crippen molar-refractivity contribution >= 4 is 23.2 Å². The monoisotopic (exact) mass is 340 g/mol. The van der Waals surface area contributed by atoms with Crippen molar-refractivity contribution < 1.29 is 4.79 Å². The second-order valence-corrected chi connectivity index (χ2v) is 5.22. The number of benzene rings is 2. The van der Waals surface area contributed by atoms with E-state index in [0.29, 0.717) is 22.5 Å². The van der Waals surface area contributed by atoms with Gasteiger partial charge in [0.05, 0.1) is 23.3 Å². The topological polar surface area (TPSA) is 114 Å². The van der Waals surface area contributed by atoms with Crippen LogP contribution in [0.1, 0.15) is 21.6 Å². The molecule has 1 aromatic heterocycles. The summed E-state index contributed by atoms with van der Waals surface area (Å²) in [4.78, 5) is 20.6. The van der Waals surface area contributed by atoms with Crippen LogP contribution in [-0.4, -0.2) is 15.9 Å². The maximum atomic E-state index is 12.3. The number of carbonyl (C=O) groups is 1. The normalized spacial score (nSPS) is 9.62. The number of nitrogens with zero attached hydrogens (tertiary/aromatic N) is 4. The molecule has 0 saturated heterocycles. The summed E-state index contributed by atoms with van der Waals surface area (Å²) in [5.41, 5.74) is 2.52. The molecule has 3 aromatic rings. The summed E-state index contributed by atoms with van der Waals surface area (Å²) in [6.07, 6.45) is 1.48. The summed E-state index contributed by atoms with van der Waals surface area (Å²) in [6.45, 7) is 0. The van der Waals surface area contributed by atoms with E-state index in [1.165, 1.54) is 12.3 Å². The summed E-state index contributed by atoms with van der Waals surface area (Å²) in [5, 5.41) is 23.3. The lowest BCUT2D eigenvalue weighted by molar-refractivity contribution is 0.102. The molecule has 0 saturated carbocycles. The number of carbonyl (C=O) groups excluding carboxylic acids is 1. The standard InChI is InChI=1S/C19H12N6O/c20-11-13-1-5-15(6-2-13)23-18(26)17-9-10-22-19(25-17)24-16-7-3-14(12-21)4-8-16/h1-10H,(H,23,26)(H,22,24,25). The van der Waals surface area contributed by atoms with Crippen molar-refractivity contribution in [1.29, 1.82) is 10.5 Å². The maximum Gasteiger partial charge on any atom is 0.274 e. The summed E-state index contributed by atoms with van der Waals surface area (Å²) in [5.74, 6) is -0.123. The van der Waals surface area contributed by atoms with Gasteiger partial charge in [0.15, 0.2) is 0 Å². The first-order valence-electron chi connectivity index (χ1n) is 7.60. The third kappa shape index (κ3) is 3.99. The summed E-state index contributed by atoms with van der Waals surface area (Å²) in [7, 11) is 0. The number of aromatic nitrogens is 2. The highest BCUT2D eigenvalue weighted by Crippen LogP contribution is 2.15. The van der Waals surface area contributed by atoms with Gasteiger partial charge in [-0.25, -0.2) is 9.97 Å². The Hall–Kier alpha value is -4.23. The van der Waals surface area contributed by atoms with Crippen LogP contribution in [0, 0.1) is 22.7 Å². The average Bonchev–Trinajstić information content (AvgIpc) is 2.69. The number of anilines is 3. The molecule has 0 unspecified atom stereocenters. The van der Waals surface area contributed by atoms with E-state index in [-0.39, 0.29) is 17.5 Å². The third-order valence-corrected chi connectivity index (χ3v) is 3.43. The van der Waals surface area contributed by atoms with Crippen LogP contribution in [0.5, 0.6) is 0 Å². The first-order chi connectivity index (χ1) is 12.7. The van der Waals surface area contributed by atoms with E-state index in [2.05, 4.69) is 20.6 Å². The quantitative estimate of drug-likeness (QED) is 0.753. The largest absolute Gasteiger partial charge is 0.324 e. The zero-order valence-corrected chi connectivity index (χ0v) is 13.5. The number of nitrogens with one attached hydrogen (secondary N) is 2. The number of rotatable bonds is 4. The Morgan fingerprint density at radius 1 is 0.846 bits per heavy atom. The van der Waals surface area contributed by atoms with Gasteiger partial charge in [0.2, 0.25) is 5.95 Å². The molecule has 124 valence electrons. The van der Waals surface area contributed by atoms with Crippen molar-refractivity contribution in [2.45, 2.75) is 0 Å². The fraction of sp³-hybridized carbons (Fsp3) is 0. The minimum Gasteiger partial charge on any atom is -0.324 e. The Labute approximate surface area is 149 Å². The van der Waals surface area contributed by atoms with Crippen LogP contribution in [0.3, 0.4) is 0 Å². The molecule has 0 aliphatic rings. The van der Waals surface area contributed by atoms with Crippen LogP contribution < -0.4 is 10.6 Å². The maximum absolute atomic E-state index is 12.3. The van der Waals surface area contributed by atoms with E-state index in [0.717, 1.165) is 0 Å². The van der Waals surface area contributed by atoms with Crippen molar-refractivity contribution in [2.24, 2.45) is 0 Å². The van der Waals surface area contributed by atoms with Crippen molar-refractivity contribution in [1.82, 2.24) is 9.97 Å². The zero-order valence-electron chi connectivity index (χ0n) is 13.5. The van der Waals surface area contributed by atoms with Gasteiger partial charge in [0, 0.05) is 17.6 Å². The molecular weight excluding hydrogens is 328 g/mol. The molecule has 0 spiro atoms. The average molecular weight is 340 g/mol. The van der Waals surface area contributed by atoms with Crippen LogP contribution in [0.2, 0.25) is 0 Å². The first-order valence-corrected chi connectivity index (χ1v) is 7.60. The second kappa shape index (κ2) is 7.56. The van der Waals surface area contributed by atoms with Crippen LogP contribution >= 0.6 is 0 Å². The molecule has 2 aromatic carbocycles. The lowest BCUT2D eigenvalue weighted by atomic mass is 10.2. The number of hydrogen-bond donors (Lipinski definition) is 2. The van der Waals surface area contributed by atoms with Gasteiger partial charge < -0.3 is 10.6 Å². The van der Waals surface area contributed by atoms with E-state index in [9.17, 15) is 4.79 Å². The number of amides is 1. The zero-order chi connectivity index (χ0) is 18.4. The summed E-state index contributed by atoms with van der Waals surface area (Å²) < 4.78 is 0. The highest BCUT2D eigenvalue weighted by molar-refractivity contribution is 6.03. The molecule has 0 fully saturated rings. The lowest BCUT2D eigenvalue weighted by Crippen LogP contribution is -2.14. The molecule has 2 N–H and O–H groups in total. The molecule has 0 radical (unpaired) electrons. The smallest absolute Gasteiger partial charge is 0.274 e. The summed E-state index contributed by atoms with van der Waals surface area (Å²) >= 11 is 0. The molecule has 0 aliphatic carbocycles. The highest BCUT2D eigenvalue weighted by Gasteiger charge is 2.09. The molecule has 0 aliphatic heterocycles. The fourth-order valence-corrected chi connectivity index (χ4v) is 2.13. The van der Waals surface area contributed by atoms with Crippen molar-refractivity contribution in [3.05, 3.63) is 77.6 Å². The van der Waals surface area contributed by atoms with Crippen LogP contribution in [0.25, 0.3) is 0 Å². The van der Waals surface area contributed by atoms with Crippen LogP contribution in [0.15, 0.2) is 60.8 Å². The van der Waals surface area contributed by atoms with Gasteiger partial charge in [-0.2, -0.15) is 10.5 Å². The van der Waals surface area contributed by atoms with Crippen LogP contribution in [-0.2, 0) is 0 Å². The number of nitriles is 2. The van der Waals surface area contributed by atoms with E-state index < -0.39 is 0 Å². The molecule has 0 atom stereocenters. The Morgan fingerprint density at radius 2 is 1.42 bits per heavy atom. The van der Waals surface area contributed by atoms with Crippen molar-refractivity contribution in [2.75, 3.05) is 10.6 Å². The molecule has 3 rings (SSSR count). The van der Waals surface area contributed by atoms with E-state index in [4.69, 9.17) is 10.5 Å². The van der Waals surface area contributed by atoms with E-state index in [1.807, 2.05) is 12.1 Å². The van der Waals surface area contributed by atoms with Gasteiger partial charge in [0.1, 0.15) is 5.69 Å². The lowest BCUT2D eigenvalue weighted by Gasteiger charge is -2.07. The van der Waals surface area contributed by atoms with Gasteiger partial charge in [-0.05, 0) is 54.6 Å². The van der Waals surface area contributed by atoms with Crippen LogP contribution in [0.4, 0.5) is 17.3 Å². The molecule has 26 heavy (non-hydrogen) atoms. The van der Waals surface area contributed by atoms with Gasteiger partial charge in [0.25, 0.3) is 5.91 Å². The fourth-order valence-electron chi connectivity index (χ4n) is 2.13. The minimum atomic E-state index is -0.389. The predicted octanol–water partition coefficient (Wildman–Crippen LogP) is 3.22. The van der Waals surface area contributed by atoms with Gasteiger partial charge in [-0.3, -0.25) is 4.79 Å². The molecule has 7 heteroatoms. The summed E-state index contributed by atoms with van der Waals surface area (Å²) in [6, 6.07) is 18.9. The highest BCUT2D eigenvalue weighted by atomic mass is 16.1.